The topological polar surface area (TPSA) is 55.8 Å². The zero-order valence-corrected chi connectivity index (χ0v) is 17.8. The first-order valence-corrected chi connectivity index (χ1v) is 10.9. The molecule has 31 heavy (non-hydrogen) atoms. The normalized spacial score (nSPS) is 14.9. The second-order valence-electron chi connectivity index (χ2n) is 8.10. The molecule has 1 aliphatic rings. The first kappa shape index (κ1) is 21.0. The van der Waals surface area contributed by atoms with Crippen LogP contribution in [0.5, 0.6) is 11.5 Å². The van der Waals surface area contributed by atoms with Crippen LogP contribution in [0, 0.1) is 0 Å². The first-order chi connectivity index (χ1) is 15.1. The van der Waals surface area contributed by atoms with Crippen molar-refractivity contribution in [1.29, 1.82) is 0 Å². The highest BCUT2D eigenvalue weighted by atomic mass is 16.5. The second-order valence-corrected chi connectivity index (χ2v) is 8.10. The number of ether oxygens (including phenoxy) is 2. The van der Waals surface area contributed by atoms with Crippen molar-refractivity contribution in [2.45, 2.75) is 44.1 Å². The van der Waals surface area contributed by atoms with Crippen molar-refractivity contribution in [3.05, 3.63) is 95.1 Å². The van der Waals surface area contributed by atoms with E-state index in [0.717, 1.165) is 41.9 Å². The minimum Gasteiger partial charge on any atom is -0.493 e. The van der Waals surface area contributed by atoms with Gasteiger partial charge in [-0.25, -0.2) is 4.79 Å². The van der Waals surface area contributed by atoms with Gasteiger partial charge in [-0.15, -0.1) is 0 Å². The van der Waals surface area contributed by atoms with Crippen LogP contribution in [0.15, 0.2) is 72.8 Å². The van der Waals surface area contributed by atoms with Gasteiger partial charge in [0.2, 0.25) is 0 Å². The molecule has 0 saturated heterocycles. The summed E-state index contributed by atoms with van der Waals surface area (Å²) >= 11 is 0. The van der Waals surface area contributed by atoms with E-state index in [4.69, 9.17) is 9.47 Å². The lowest BCUT2D eigenvalue weighted by atomic mass is 9.85. The molecule has 0 bridgehead atoms. The van der Waals surface area contributed by atoms with Crippen molar-refractivity contribution in [3.63, 3.8) is 0 Å². The van der Waals surface area contributed by atoms with E-state index in [9.17, 15) is 9.90 Å². The summed E-state index contributed by atoms with van der Waals surface area (Å²) in [5.74, 6) is 0.687. The molecule has 1 aliphatic carbocycles. The van der Waals surface area contributed by atoms with Gasteiger partial charge in [-0.05, 0) is 73.1 Å². The number of rotatable bonds is 8. The molecule has 4 heteroatoms. The Morgan fingerprint density at radius 2 is 1.61 bits per heavy atom. The summed E-state index contributed by atoms with van der Waals surface area (Å²) in [6, 6.07) is 23.7. The van der Waals surface area contributed by atoms with Gasteiger partial charge in [-0.2, -0.15) is 0 Å². The quantitative estimate of drug-likeness (QED) is 0.483. The fraction of sp³-hybridized carbons (Fsp3) is 0.296. The van der Waals surface area contributed by atoms with Gasteiger partial charge in [0.15, 0.2) is 11.5 Å². The average molecular weight is 417 g/mol. The molecule has 3 aromatic rings. The molecular weight excluding hydrogens is 388 g/mol. The van der Waals surface area contributed by atoms with Crippen LogP contribution in [0.1, 0.15) is 58.6 Å². The maximum absolute atomic E-state index is 11.3. The van der Waals surface area contributed by atoms with E-state index in [0.29, 0.717) is 5.56 Å². The molecule has 0 heterocycles. The Hall–Kier alpha value is -3.27. The molecule has 0 radical (unpaired) electrons. The van der Waals surface area contributed by atoms with Crippen molar-refractivity contribution in [2.24, 2.45) is 0 Å². The maximum atomic E-state index is 11.3. The molecule has 1 saturated carbocycles. The number of hydrogen-bond donors (Lipinski definition) is 1. The summed E-state index contributed by atoms with van der Waals surface area (Å²) in [5, 5.41) is 9.27. The molecule has 0 spiro atoms. The molecule has 3 aromatic carbocycles. The Morgan fingerprint density at radius 1 is 0.935 bits per heavy atom. The third kappa shape index (κ3) is 5.08. The van der Waals surface area contributed by atoms with Crippen LogP contribution in [0.3, 0.4) is 0 Å². The van der Waals surface area contributed by atoms with Crippen molar-refractivity contribution in [1.82, 2.24) is 0 Å². The first-order valence-electron chi connectivity index (χ1n) is 10.9. The lowest BCUT2D eigenvalue weighted by Crippen LogP contribution is -2.12. The van der Waals surface area contributed by atoms with E-state index in [-0.39, 0.29) is 12.0 Å². The van der Waals surface area contributed by atoms with Gasteiger partial charge in [0.05, 0.1) is 18.8 Å². The second kappa shape index (κ2) is 9.69. The number of carboxylic acids is 1. The van der Waals surface area contributed by atoms with Crippen LogP contribution in [0.4, 0.5) is 0 Å². The summed E-state index contributed by atoms with van der Waals surface area (Å²) < 4.78 is 11.9. The van der Waals surface area contributed by atoms with Gasteiger partial charge in [-0.3, -0.25) is 0 Å². The minimum atomic E-state index is -0.914. The predicted octanol–water partition coefficient (Wildman–Crippen LogP) is 6.09. The lowest BCUT2D eigenvalue weighted by molar-refractivity contribution is 0.0697. The molecule has 160 valence electrons. The monoisotopic (exact) mass is 416 g/mol. The summed E-state index contributed by atoms with van der Waals surface area (Å²) in [6.45, 7) is 0. The van der Waals surface area contributed by atoms with Gasteiger partial charge in [0.25, 0.3) is 0 Å². The average Bonchev–Trinajstić information content (AvgIpc) is 3.31. The number of carboxylic acid groups (broad SMARTS) is 1. The molecule has 4 nitrogen and oxygen atoms in total. The fourth-order valence-corrected chi connectivity index (χ4v) is 4.32. The summed E-state index contributed by atoms with van der Waals surface area (Å²) in [4.78, 5) is 11.3. The summed E-state index contributed by atoms with van der Waals surface area (Å²) in [7, 11) is 1.67. The fourth-order valence-electron chi connectivity index (χ4n) is 4.32. The Morgan fingerprint density at radius 3 is 2.26 bits per heavy atom. The van der Waals surface area contributed by atoms with E-state index in [2.05, 4.69) is 24.3 Å². The van der Waals surface area contributed by atoms with Crippen molar-refractivity contribution < 1.29 is 19.4 Å². The van der Waals surface area contributed by atoms with E-state index < -0.39 is 5.97 Å². The third-order valence-electron chi connectivity index (χ3n) is 6.03. The van der Waals surface area contributed by atoms with E-state index in [1.54, 1.807) is 19.2 Å². The Bertz CT molecular complexity index is 1010. The number of methoxy groups -OCH3 is 1. The highest BCUT2D eigenvalue weighted by Gasteiger charge is 2.21. The summed E-state index contributed by atoms with van der Waals surface area (Å²) in [5.41, 5.74) is 3.72. The highest BCUT2D eigenvalue weighted by molar-refractivity contribution is 5.87. The van der Waals surface area contributed by atoms with Crippen LogP contribution in [0.2, 0.25) is 0 Å². The molecule has 0 aliphatic heterocycles. The van der Waals surface area contributed by atoms with Crippen molar-refractivity contribution >= 4 is 5.97 Å². The maximum Gasteiger partial charge on any atom is 0.335 e. The molecule has 4 rings (SSSR count). The smallest absolute Gasteiger partial charge is 0.335 e. The predicted molar refractivity (Wildman–Crippen MR) is 121 cm³/mol. The van der Waals surface area contributed by atoms with Crippen molar-refractivity contribution in [3.8, 4) is 11.5 Å². The Kier molecular flexibility index (Phi) is 6.56. The number of benzene rings is 3. The number of hydrogen-bond acceptors (Lipinski definition) is 3. The van der Waals surface area contributed by atoms with Gasteiger partial charge >= 0.3 is 5.97 Å². The van der Waals surface area contributed by atoms with Gasteiger partial charge in [-0.1, -0.05) is 48.5 Å². The molecule has 1 N–H and O–H groups in total. The van der Waals surface area contributed by atoms with Gasteiger partial charge in [0.1, 0.15) is 0 Å². The standard InChI is InChI=1S/C27H28O4/c1-30-25-16-15-22(18-26(25)31-23-9-5-6-10-23)24(17-19-7-3-2-4-8-19)20-11-13-21(14-12-20)27(28)29/h2-4,7-8,11-16,18,23-24H,5-6,9-10,17H2,1H3,(H,28,29). The van der Waals surface area contributed by atoms with Crippen LogP contribution in [-0.2, 0) is 6.42 Å². The van der Waals surface area contributed by atoms with E-state index in [1.807, 2.05) is 36.4 Å². The molecular formula is C27H28O4. The van der Waals surface area contributed by atoms with E-state index >= 15 is 0 Å². The molecule has 1 unspecified atom stereocenters. The van der Waals surface area contributed by atoms with Crippen LogP contribution in [-0.4, -0.2) is 24.3 Å². The van der Waals surface area contributed by atoms with Crippen LogP contribution < -0.4 is 9.47 Å². The number of carbonyl (C=O) groups is 1. The summed E-state index contributed by atoms with van der Waals surface area (Å²) in [6.07, 6.45) is 5.63. The number of aromatic carboxylic acids is 1. The van der Waals surface area contributed by atoms with Crippen LogP contribution in [0.25, 0.3) is 0 Å². The van der Waals surface area contributed by atoms with Crippen molar-refractivity contribution in [2.75, 3.05) is 7.11 Å². The lowest BCUT2D eigenvalue weighted by Gasteiger charge is -2.22. The molecule has 1 atom stereocenters. The molecule has 0 amide bonds. The Labute approximate surface area is 183 Å². The van der Waals surface area contributed by atoms with Crippen LogP contribution >= 0.6 is 0 Å². The van der Waals surface area contributed by atoms with Gasteiger partial charge in [0, 0.05) is 5.92 Å². The molecule has 1 fully saturated rings. The Balaban J connectivity index is 1.70. The minimum absolute atomic E-state index is 0.0714. The third-order valence-corrected chi connectivity index (χ3v) is 6.03. The zero-order chi connectivity index (χ0) is 21.6. The zero-order valence-electron chi connectivity index (χ0n) is 17.8. The SMILES string of the molecule is COc1ccc(C(Cc2ccccc2)c2ccc(C(=O)O)cc2)cc1OC1CCCC1. The highest BCUT2D eigenvalue weighted by Crippen LogP contribution is 2.37. The van der Waals surface area contributed by atoms with E-state index in [1.165, 1.54) is 18.4 Å². The van der Waals surface area contributed by atoms with Gasteiger partial charge < -0.3 is 14.6 Å². The largest absolute Gasteiger partial charge is 0.493 e. The molecule has 0 aromatic heterocycles.